The fourth-order valence-corrected chi connectivity index (χ4v) is 1.53. The molecule has 0 saturated heterocycles. The SMILES string of the molecule is Brc1ccncc1.Cc1cc(Br)ccn1. The molecule has 0 fully saturated rings. The van der Waals surface area contributed by atoms with E-state index in [1.807, 2.05) is 31.2 Å². The first-order valence-corrected chi connectivity index (χ1v) is 5.91. The Bertz CT molecular complexity index is 387. The lowest BCUT2D eigenvalue weighted by atomic mass is 10.4. The molecule has 15 heavy (non-hydrogen) atoms. The summed E-state index contributed by atoms with van der Waals surface area (Å²) in [5.41, 5.74) is 1.04. The summed E-state index contributed by atoms with van der Waals surface area (Å²) in [4.78, 5) is 7.83. The molecular weight excluding hydrogens is 320 g/mol. The van der Waals surface area contributed by atoms with Gasteiger partial charge in [-0.15, -0.1) is 0 Å². The molecule has 0 N–H and O–H groups in total. The monoisotopic (exact) mass is 328 g/mol. The molecule has 0 aliphatic carbocycles. The molecule has 2 aromatic rings. The van der Waals surface area contributed by atoms with Gasteiger partial charge in [0.25, 0.3) is 0 Å². The lowest BCUT2D eigenvalue weighted by Gasteiger charge is -1.88. The maximum absolute atomic E-state index is 4.01. The number of aryl methyl sites for hydroxylation is 1. The Labute approximate surface area is 106 Å². The van der Waals surface area contributed by atoms with Crippen LogP contribution in [0.2, 0.25) is 0 Å². The summed E-state index contributed by atoms with van der Waals surface area (Å²) in [7, 11) is 0. The van der Waals surface area contributed by atoms with E-state index in [0.717, 1.165) is 14.6 Å². The molecule has 0 radical (unpaired) electrons. The molecule has 2 aromatic heterocycles. The highest BCUT2D eigenvalue weighted by atomic mass is 79.9. The Kier molecular flexibility index (Phi) is 5.50. The summed E-state index contributed by atoms with van der Waals surface area (Å²) in [5, 5.41) is 0. The van der Waals surface area contributed by atoms with Gasteiger partial charge in [0.2, 0.25) is 0 Å². The first kappa shape index (κ1) is 12.3. The minimum atomic E-state index is 1.04. The van der Waals surface area contributed by atoms with Crippen molar-refractivity contribution in [2.24, 2.45) is 0 Å². The molecule has 0 unspecified atom stereocenters. The topological polar surface area (TPSA) is 25.8 Å². The highest BCUT2D eigenvalue weighted by Crippen LogP contribution is 2.07. The van der Waals surface area contributed by atoms with Crippen LogP contribution in [0.15, 0.2) is 51.8 Å². The third kappa shape index (κ3) is 5.64. The Morgan fingerprint density at radius 1 is 0.933 bits per heavy atom. The van der Waals surface area contributed by atoms with Crippen LogP contribution in [-0.2, 0) is 0 Å². The van der Waals surface area contributed by atoms with Gasteiger partial charge < -0.3 is 0 Å². The highest BCUT2D eigenvalue weighted by Gasteiger charge is 1.83. The van der Waals surface area contributed by atoms with E-state index in [-0.39, 0.29) is 0 Å². The van der Waals surface area contributed by atoms with Crippen LogP contribution in [0.25, 0.3) is 0 Å². The van der Waals surface area contributed by atoms with Gasteiger partial charge in [-0.2, -0.15) is 0 Å². The first-order chi connectivity index (χ1) is 7.18. The molecule has 0 bridgehead atoms. The molecule has 0 aromatic carbocycles. The van der Waals surface area contributed by atoms with Crippen LogP contribution in [0.3, 0.4) is 0 Å². The second-order valence-electron chi connectivity index (χ2n) is 2.78. The van der Waals surface area contributed by atoms with Crippen molar-refractivity contribution in [3.8, 4) is 0 Å². The highest BCUT2D eigenvalue weighted by molar-refractivity contribution is 9.10. The number of hydrogen-bond donors (Lipinski definition) is 0. The van der Waals surface area contributed by atoms with Gasteiger partial charge >= 0.3 is 0 Å². The molecule has 0 saturated carbocycles. The second-order valence-corrected chi connectivity index (χ2v) is 4.61. The zero-order valence-electron chi connectivity index (χ0n) is 8.19. The lowest BCUT2D eigenvalue weighted by molar-refractivity contribution is 1.19. The second kappa shape index (κ2) is 6.69. The molecule has 2 heterocycles. The van der Waals surface area contributed by atoms with Gasteiger partial charge in [-0.05, 0) is 31.2 Å². The first-order valence-electron chi connectivity index (χ1n) is 4.32. The van der Waals surface area contributed by atoms with Crippen LogP contribution in [0.5, 0.6) is 0 Å². The van der Waals surface area contributed by atoms with E-state index in [1.165, 1.54) is 0 Å². The largest absolute Gasteiger partial charge is 0.265 e. The van der Waals surface area contributed by atoms with Crippen molar-refractivity contribution in [2.45, 2.75) is 6.92 Å². The van der Waals surface area contributed by atoms with Crippen molar-refractivity contribution in [1.29, 1.82) is 0 Å². The molecule has 78 valence electrons. The molecule has 0 aliphatic rings. The average molecular weight is 330 g/mol. The predicted octanol–water partition coefficient (Wildman–Crippen LogP) is 4.00. The van der Waals surface area contributed by atoms with Crippen LogP contribution in [0.1, 0.15) is 5.69 Å². The summed E-state index contributed by atoms with van der Waals surface area (Å²) in [5.74, 6) is 0. The molecule has 2 rings (SSSR count). The van der Waals surface area contributed by atoms with E-state index in [4.69, 9.17) is 0 Å². The standard InChI is InChI=1S/C6H6BrN.C5H4BrN/c1-5-4-6(7)2-3-8-5;6-5-1-3-7-4-2-5/h2-4H,1H3;1-4H. The minimum absolute atomic E-state index is 1.04. The molecular formula is C11H10Br2N2. The van der Waals surface area contributed by atoms with E-state index in [9.17, 15) is 0 Å². The Morgan fingerprint density at radius 2 is 1.53 bits per heavy atom. The van der Waals surface area contributed by atoms with Crippen LogP contribution >= 0.6 is 31.9 Å². The number of aromatic nitrogens is 2. The maximum Gasteiger partial charge on any atom is 0.0383 e. The van der Waals surface area contributed by atoms with Crippen molar-refractivity contribution in [2.75, 3.05) is 0 Å². The normalized spacial score (nSPS) is 9.00. The van der Waals surface area contributed by atoms with E-state index >= 15 is 0 Å². The summed E-state index contributed by atoms with van der Waals surface area (Å²) in [6.45, 7) is 1.96. The molecule has 0 aliphatic heterocycles. The van der Waals surface area contributed by atoms with Crippen LogP contribution in [0.4, 0.5) is 0 Å². The van der Waals surface area contributed by atoms with Gasteiger partial charge in [-0.1, -0.05) is 31.9 Å². The number of rotatable bonds is 0. The van der Waals surface area contributed by atoms with E-state index < -0.39 is 0 Å². The van der Waals surface area contributed by atoms with Gasteiger partial charge in [-0.3, -0.25) is 9.97 Å². The van der Waals surface area contributed by atoms with Crippen LogP contribution in [-0.4, -0.2) is 9.97 Å². The quantitative estimate of drug-likeness (QED) is 0.730. The predicted molar refractivity (Wildman–Crippen MR) is 68.6 cm³/mol. The maximum atomic E-state index is 4.01. The molecule has 0 spiro atoms. The van der Waals surface area contributed by atoms with Crippen molar-refractivity contribution in [3.05, 3.63) is 57.5 Å². The number of pyridine rings is 2. The fraction of sp³-hybridized carbons (Fsp3) is 0.0909. The third-order valence-corrected chi connectivity index (χ3v) is 2.52. The van der Waals surface area contributed by atoms with Gasteiger partial charge in [0.05, 0.1) is 0 Å². The molecule has 2 nitrogen and oxygen atoms in total. The van der Waals surface area contributed by atoms with Gasteiger partial charge in [-0.25, -0.2) is 0 Å². The van der Waals surface area contributed by atoms with Gasteiger partial charge in [0.15, 0.2) is 0 Å². The van der Waals surface area contributed by atoms with Gasteiger partial charge in [0.1, 0.15) is 0 Å². The van der Waals surface area contributed by atoms with Crippen molar-refractivity contribution in [1.82, 2.24) is 9.97 Å². The van der Waals surface area contributed by atoms with Gasteiger partial charge in [0, 0.05) is 33.2 Å². The van der Waals surface area contributed by atoms with Crippen LogP contribution in [0, 0.1) is 6.92 Å². The number of hydrogen-bond acceptors (Lipinski definition) is 2. The summed E-state index contributed by atoms with van der Waals surface area (Å²) in [6.07, 6.45) is 5.26. The zero-order chi connectivity index (χ0) is 11.1. The van der Waals surface area contributed by atoms with Crippen LogP contribution < -0.4 is 0 Å². The van der Waals surface area contributed by atoms with Crippen molar-refractivity contribution in [3.63, 3.8) is 0 Å². The fourth-order valence-electron chi connectivity index (χ4n) is 0.845. The Balaban J connectivity index is 0.000000151. The smallest absolute Gasteiger partial charge is 0.0383 e. The summed E-state index contributed by atoms with van der Waals surface area (Å²) < 4.78 is 2.16. The Hall–Kier alpha value is -0.740. The lowest BCUT2D eigenvalue weighted by Crippen LogP contribution is -1.75. The average Bonchev–Trinajstić information content (AvgIpc) is 2.19. The molecule has 4 heteroatoms. The van der Waals surface area contributed by atoms with E-state index in [1.54, 1.807) is 18.6 Å². The third-order valence-electron chi connectivity index (χ3n) is 1.50. The van der Waals surface area contributed by atoms with E-state index in [0.29, 0.717) is 0 Å². The van der Waals surface area contributed by atoms with Crippen molar-refractivity contribution >= 4 is 31.9 Å². The number of nitrogens with zero attached hydrogens (tertiary/aromatic N) is 2. The zero-order valence-corrected chi connectivity index (χ0v) is 11.4. The molecule has 0 amide bonds. The molecule has 0 atom stereocenters. The Morgan fingerprint density at radius 3 is 1.87 bits per heavy atom. The van der Waals surface area contributed by atoms with Crippen molar-refractivity contribution < 1.29 is 0 Å². The number of halogens is 2. The summed E-state index contributed by atoms with van der Waals surface area (Å²) >= 11 is 6.59. The summed E-state index contributed by atoms with van der Waals surface area (Å²) in [6, 6.07) is 7.66. The van der Waals surface area contributed by atoms with E-state index in [2.05, 4.69) is 41.8 Å². The minimum Gasteiger partial charge on any atom is -0.265 e.